The molecule has 1 saturated carbocycles. The van der Waals surface area contributed by atoms with E-state index in [-0.39, 0.29) is 5.54 Å². The van der Waals surface area contributed by atoms with Crippen molar-refractivity contribution in [1.29, 1.82) is 0 Å². The highest BCUT2D eigenvalue weighted by Crippen LogP contribution is 2.36. The molecule has 0 radical (unpaired) electrons. The number of ether oxygens (including phenoxy) is 1. The van der Waals surface area contributed by atoms with Gasteiger partial charge < -0.3 is 10.1 Å². The topological polar surface area (TPSA) is 21.3 Å². The zero-order valence-corrected chi connectivity index (χ0v) is 11.6. The Balaban J connectivity index is 1.79. The minimum atomic E-state index is 0.0820. The molecule has 98 valence electrons. The first-order valence-corrected chi connectivity index (χ1v) is 7.27. The van der Waals surface area contributed by atoms with Crippen LogP contribution in [0.5, 0.6) is 5.75 Å². The van der Waals surface area contributed by atoms with E-state index in [9.17, 15) is 0 Å². The third kappa shape index (κ3) is 2.24. The lowest BCUT2D eigenvalue weighted by atomic mass is 9.90. The van der Waals surface area contributed by atoms with Crippen molar-refractivity contribution in [2.75, 3.05) is 6.54 Å². The van der Waals surface area contributed by atoms with Gasteiger partial charge in [0.15, 0.2) is 0 Å². The predicted octanol–water partition coefficient (Wildman–Crippen LogP) is 3.87. The molecule has 1 unspecified atom stereocenters. The van der Waals surface area contributed by atoms with Crippen LogP contribution in [0.4, 0.5) is 0 Å². The maximum Gasteiger partial charge on any atom is 0.138 e. The van der Waals surface area contributed by atoms with Crippen LogP contribution < -0.4 is 10.1 Å². The molecule has 1 aliphatic carbocycles. The van der Waals surface area contributed by atoms with Crippen LogP contribution >= 0.6 is 11.6 Å². The fraction of sp³-hybridized carbons (Fsp3) is 0.600. The lowest BCUT2D eigenvalue weighted by molar-refractivity contribution is 0.120. The highest BCUT2D eigenvalue weighted by Gasteiger charge is 2.30. The van der Waals surface area contributed by atoms with Gasteiger partial charge in [-0.3, -0.25) is 0 Å². The van der Waals surface area contributed by atoms with Gasteiger partial charge in [0.25, 0.3) is 0 Å². The van der Waals surface area contributed by atoms with Gasteiger partial charge in [-0.2, -0.15) is 0 Å². The summed E-state index contributed by atoms with van der Waals surface area (Å²) < 4.78 is 5.88. The van der Waals surface area contributed by atoms with E-state index in [0.29, 0.717) is 6.10 Å². The summed E-state index contributed by atoms with van der Waals surface area (Å²) in [5.74, 6) is 0.840. The van der Waals surface area contributed by atoms with Crippen molar-refractivity contribution in [3.63, 3.8) is 0 Å². The molecule has 1 N–H and O–H groups in total. The Morgan fingerprint density at radius 2 is 2.17 bits per heavy atom. The predicted molar refractivity (Wildman–Crippen MR) is 74.3 cm³/mol. The molecule has 1 aliphatic heterocycles. The van der Waals surface area contributed by atoms with Crippen molar-refractivity contribution in [3.05, 3.63) is 28.8 Å². The van der Waals surface area contributed by atoms with Gasteiger partial charge in [-0.25, -0.2) is 0 Å². The van der Waals surface area contributed by atoms with E-state index < -0.39 is 0 Å². The van der Waals surface area contributed by atoms with Gasteiger partial charge in [0.05, 0.1) is 11.1 Å². The average Bonchev–Trinajstić information content (AvgIpc) is 2.73. The molecule has 3 heteroatoms. The number of benzene rings is 1. The zero-order valence-electron chi connectivity index (χ0n) is 10.8. The minimum Gasteiger partial charge on any atom is -0.489 e. The van der Waals surface area contributed by atoms with Crippen molar-refractivity contribution in [2.24, 2.45) is 0 Å². The first kappa shape index (κ1) is 12.3. The van der Waals surface area contributed by atoms with E-state index in [1.165, 1.54) is 24.8 Å². The number of hydrogen-bond donors (Lipinski definition) is 1. The van der Waals surface area contributed by atoms with E-state index in [1.807, 2.05) is 6.07 Å². The van der Waals surface area contributed by atoms with Crippen LogP contribution in [0.3, 0.4) is 0 Å². The smallest absolute Gasteiger partial charge is 0.138 e. The maximum absolute atomic E-state index is 6.34. The van der Waals surface area contributed by atoms with Gasteiger partial charge in [-0.1, -0.05) is 17.7 Å². The Kier molecular flexibility index (Phi) is 3.25. The number of rotatable bonds is 3. The van der Waals surface area contributed by atoms with Crippen molar-refractivity contribution in [1.82, 2.24) is 5.32 Å². The molecule has 1 aromatic carbocycles. The number of halogens is 1. The third-order valence-electron chi connectivity index (χ3n) is 4.28. The summed E-state index contributed by atoms with van der Waals surface area (Å²) in [5, 5.41) is 4.30. The summed E-state index contributed by atoms with van der Waals surface area (Å²) in [7, 11) is 0. The summed E-state index contributed by atoms with van der Waals surface area (Å²) in [6.07, 6.45) is 6.39. The summed E-state index contributed by atoms with van der Waals surface area (Å²) in [6.45, 7) is 3.34. The van der Waals surface area contributed by atoms with Crippen LogP contribution in [0.2, 0.25) is 5.02 Å². The molecule has 0 aromatic heterocycles. The Morgan fingerprint density at radius 3 is 2.72 bits per heavy atom. The van der Waals surface area contributed by atoms with Gasteiger partial charge in [0, 0.05) is 5.54 Å². The highest BCUT2D eigenvalue weighted by atomic mass is 35.5. The summed E-state index contributed by atoms with van der Waals surface area (Å²) in [6, 6.07) is 6.24. The zero-order chi connectivity index (χ0) is 12.6. The molecular formula is C15H20ClNO. The molecule has 1 atom stereocenters. The first-order chi connectivity index (χ1) is 8.67. The van der Waals surface area contributed by atoms with Crippen LogP contribution in [0, 0.1) is 0 Å². The summed E-state index contributed by atoms with van der Waals surface area (Å²) in [5.41, 5.74) is 1.35. The molecule has 1 heterocycles. The normalized spacial score (nSPS) is 28.1. The van der Waals surface area contributed by atoms with E-state index in [2.05, 4.69) is 24.4 Å². The van der Waals surface area contributed by atoms with E-state index in [0.717, 1.165) is 30.2 Å². The van der Waals surface area contributed by atoms with Gasteiger partial charge >= 0.3 is 0 Å². The van der Waals surface area contributed by atoms with E-state index in [1.54, 1.807) is 0 Å². The minimum absolute atomic E-state index is 0.0820. The Morgan fingerprint density at radius 1 is 1.33 bits per heavy atom. The molecule has 18 heavy (non-hydrogen) atoms. The molecule has 3 rings (SSSR count). The average molecular weight is 266 g/mol. The van der Waals surface area contributed by atoms with Crippen molar-refractivity contribution >= 4 is 11.6 Å². The molecule has 1 aromatic rings. The lowest BCUT2D eigenvalue weighted by Crippen LogP contribution is -2.33. The molecule has 2 aliphatic rings. The largest absolute Gasteiger partial charge is 0.489 e. The Bertz CT molecular complexity index is 436. The summed E-state index contributed by atoms with van der Waals surface area (Å²) >= 11 is 6.34. The Labute approximate surface area is 114 Å². The van der Waals surface area contributed by atoms with Gasteiger partial charge in [-0.05, 0) is 63.3 Å². The number of nitrogens with one attached hydrogen (secondary N) is 1. The second-order valence-electron chi connectivity index (χ2n) is 5.68. The van der Waals surface area contributed by atoms with Crippen molar-refractivity contribution in [3.8, 4) is 5.75 Å². The van der Waals surface area contributed by atoms with Crippen LogP contribution in [-0.2, 0) is 5.54 Å². The number of hydrogen-bond acceptors (Lipinski definition) is 2. The van der Waals surface area contributed by atoms with Crippen LogP contribution in [-0.4, -0.2) is 12.6 Å². The highest BCUT2D eigenvalue weighted by molar-refractivity contribution is 6.32. The van der Waals surface area contributed by atoms with Crippen LogP contribution in [0.25, 0.3) is 0 Å². The molecule has 0 bridgehead atoms. The van der Waals surface area contributed by atoms with E-state index in [4.69, 9.17) is 16.3 Å². The Hall–Kier alpha value is -0.730. The SMILES string of the molecule is CC1(c2ccc(OC3CCC3)c(Cl)c2)CCCN1. The van der Waals surface area contributed by atoms with Crippen molar-refractivity contribution in [2.45, 2.75) is 50.7 Å². The van der Waals surface area contributed by atoms with Crippen molar-refractivity contribution < 1.29 is 4.74 Å². The third-order valence-corrected chi connectivity index (χ3v) is 4.58. The van der Waals surface area contributed by atoms with Gasteiger partial charge in [0.1, 0.15) is 5.75 Å². The van der Waals surface area contributed by atoms with E-state index >= 15 is 0 Å². The summed E-state index contributed by atoms with van der Waals surface area (Å²) in [4.78, 5) is 0. The first-order valence-electron chi connectivity index (χ1n) is 6.89. The van der Waals surface area contributed by atoms with Gasteiger partial charge in [-0.15, -0.1) is 0 Å². The second kappa shape index (κ2) is 4.75. The molecule has 2 fully saturated rings. The maximum atomic E-state index is 6.34. The van der Waals surface area contributed by atoms with Crippen LogP contribution in [0.1, 0.15) is 44.6 Å². The quantitative estimate of drug-likeness (QED) is 0.896. The van der Waals surface area contributed by atoms with Crippen LogP contribution in [0.15, 0.2) is 18.2 Å². The molecule has 2 nitrogen and oxygen atoms in total. The lowest BCUT2D eigenvalue weighted by Gasteiger charge is -2.28. The standard InChI is InChI=1S/C15H20ClNO/c1-15(8-3-9-17-15)11-6-7-14(13(16)10-11)18-12-4-2-5-12/h6-7,10,12,17H,2-5,8-9H2,1H3. The fourth-order valence-corrected chi connectivity index (χ4v) is 2.97. The monoisotopic (exact) mass is 265 g/mol. The molecule has 0 spiro atoms. The molecule has 0 amide bonds. The molecular weight excluding hydrogens is 246 g/mol. The second-order valence-corrected chi connectivity index (χ2v) is 6.09. The molecule has 1 saturated heterocycles. The van der Waals surface area contributed by atoms with Gasteiger partial charge in [0.2, 0.25) is 0 Å². The fourth-order valence-electron chi connectivity index (χ4n) is 2.75.